The van der Waals surface area contributed by atoms with Crippen LogP contribution in [0.4, 0.5) is 0 Å². The van der Waals surface area contributed by atoms with Gasteiger partial charge >= 0.3 is 10.1 Å². The van der Waals surface area contributed by atoms with Gasteiger partial charge in [-0.05, 0) is 36.0 Å². The van der Waals surface area contributed by atoms with E-state index in [1.165, 1.54) is 11.8 Å². The first-order valence-corrected chi connectivity index (χ1v) is 9.47. The van der Waals surface area contributed by atoms with Gasteiger partial charge in [0.1, 0.15) is 11.1 Å². The number of allylic oxidation sites excluding steroid dienone is 2. The molecule has 0 saturated carbocycles. The Labute approximate surface area is 140 Å². The smallest absolute Gasteiger partial charge is 0.267 e. The average Bonchev–Trinajstić information content (AvgIpc) is 2.96. The minimum absolute atomic E-state index is 0.0934. The molecule has 0 saturated heterocycles. The SMILES string of the molecule is CCCS(=O)(=O)O/N=C1/SC=C/C1=C(/C#N)c1ccccc1C. The number of hydrogen-bond acceptors (Lipinski definition) is 6. The Morgan fingerprint density at radius 2 is 2.13 bits per heavy atom. The molecule has 0 atom stereocenters. The zero-order valence-electron chi connectivity index (χ0n) is 12.8. The molecule has 0 fully saturated rings. The van der Waals surface area contributed by atoms with Crippen molar-refractivity contribution >= 4 is 32.5 Å². The third-order valence-corrected chi connectivity index (χ3v) is 5.13. The van der Waals surface area contributed by atoms with Gasteiger partial charge in [-0.2, -0.15) is 13.7 Å². The van der Waals surface area contributed by atoms with Crippen LogP contribution in [0.1, 0.15) is 24.5 Å². The van der Waals surface area contributed by atoms with Crippen molar-refractivity contribution in [2.24, 2.45) is 5.16 Å². The Morgan fingerprint density at radius 3 is 2.78 bits per heavy atom. The van der Waals surface area contributed by atoms with Gasteiger partial charge in [0.15, 0.2) is 0 Å². The fourth-order valence-corrected chi connectivity index (χ4v) is 3.58. The van der Waals surface area contributed by atoms with E-state index in [2.05, 4.69) is 11.2 Å². The molecule has 1 heterocycles. The zero-order chi connectivity index (χ0) is 16.9. The van der Waals surface area contributed by atoms with Gasteiger partial charge in [-0.3, -0.25) is 4.28 Å². The van der Waals surface area contributed by atoms with Crippen LogP contribution >= 0.6 is 11.8 Å². The maximum absolute atomic E-state index is 11.6. The summed E-state index contributed by atoms with van der Waals surface area (Å²) in [4.78, 5) is 0. The fourth-order valence-electron chi connectivity index (χ4n) is 2.06. The summed E-state index contributed by atoms with van der Waals surface area (Å²) in [5.41, 5.74) is 2.76. The van der Waals surface area contributed by atoms with Crippen molar-refractivity contribution in [3.63, 3.8) is 0 Å². The molecule has 0 bridgehead atoms. The Hall–Kier alpha value is -2.04. The van der Waals surface area contributed by atoms with Crippen LogP contribution in [0.2, 0.25) is 0 Å². The van der Waals surface area contributed by atoms with Gasteiger partial charge in [0.25, 0.3) is 0 Å². The van der Waals surface area contributed by atoms with Crippen LogP contribution in [-0.4, -0.2) is 19.2 Å². The number of nitriles is 1. The van der Waals surface area contributed by atoms with E-state index in [0.717, 1.165) is 11.1 Å². The zero-order valence-corrected chi connectivity index (χ0v) is 14.4. The van der Waals surface area contributed by atoms with Crippen molar-refractivity contribution < 1.29 is 12.7 Å². The molecule has 0 radical (unpaired) electrons. The lowest BCUT2D eigenvalue weighted by atomic mass is 9.97. The number of aryl methyl sites for hydroxylation is 1. The van der Waals surface area contributed by atoms with E-state index in [0.29, 0.717) is 22.6 Å². The standard InChI is InChI=1S/C16H16N2O3S2/c1-3-10-23(19,20)21-18-16-14(8-9-22-16)15(11-17)13-7-5-4-6-12(13)2/h4-9H,3,10H2,1-2H3/b15-14+,18-16+. The highest BCUT2D eigenvalue weighted by Crippen LogP contribution is 2.32. The Kier molecular flexibility index (Phi) is 5.64. The van der Waals surface area contributed by atoms with Gasteiger partial charge in [-0.1, -0.05) is 48.1 Å². The number of rotatable bonds is 5. The molecule has 23 heavy (non-hydrogen) atoms. The molecule has 0 unspecified atom stereocenters. The number of benzene rings is 1. The second kappa shape index (κ2) is 7.49. The lowest BCUT2D eigenvalue weighted by Crippen LogP contribution is -2.08. The Balaban J connectivity index is 2.42. The molecular formula is C16H16N2O3S2. The summed E-state index contributed by atoms with van der Waals surface area (Å²) in [5.74, 6) is -0.0934. The van der Waals surface area contributed by atoms with Crippen molar-refractivity contribution in [3.05, 3.63) is 52.4 Å². The van der Waals surface area contributed by atoms with E-state index in [9.17, 15) is 13.7 Å². The maximum atomic E-state index is 11.6. The van der Waals surface area contributed by atoms with Gasteiger partial charge in [0.2, 0.25) is 0 Å². The van der Waals surface area contributed by atoms with Crippen molar-refractivity contribution in [3.8, 4) is 6.07 Å². The minimum atomic E-state index is -3.68. The highest BCUT2D eigenvalue weighted by atomic mass is 32.2. The van der Waals surface area contributed by atoms with Crippen molar-refractivity contribution in [1.29, 1.82) is 5.26 Å². The second-order valence-electron chi connectivity index (χ2n) is 4.87. The quantitative estimate of drug-likeness (QED) is 0.600. The normalized spacial score (nSPS) is 18.0. The number of nitrogens with zero attached hydrogens (tertiary/aromatic N) is 2. The van der Waals surface area contributed by atoms with Crippen molar-refractivity contribution in [2.75, 3.05) is 5.75 Å². The predicted octanol–water partition coefficient (Wildman–Crippen LogP) is 3.60. The third-order valence-electron chi connectivity index (χ3n) is 3.13. The molecule has 120 valence electrons. The summed E-state index contributed by atoms with van der Waals surface area (Å²) in [6, 6.07) is 9.70. The van der Waals surface area contributed by atoms with Gasteiger partial charge in [0, 0.05) is 5.57 Å². The lowest BCUT2D eigenvalue weighted by Gasteiger charge is -2.07. The molecule has 0 amide bonds. The van der Waals surface area contributed by atoms with Gasteiger partial charge in [-0.25, -0.2) is 0 Å². The van der Waals surface area contributed by atoms with Crippen LogP contribution in [0.25, 0.3) is 5.57 Å². The van der Waals surface area contributed by atoms with E-state index in [4.69, 9.17) is 4.28 Å². The van der Waals surface area contributed by atoms with Gasteiger partial charge in [0.05, 0.1) is 11.3 Å². The summed E-state index contributed by atoms with van der Waals surface area (Å²) in [6.45, 7) is 3.66. The van der Waals surface area contributed by atoms with Crippen LogP contribution in [0.5, 0.6) is 0 Å². The van der Waals surface area contributed by atoms with Gasteiger partial charge in [-0.15, -0.1) is 0 Å². The molecule has 7 heteroatoms. The molecule has 1 aliphatic heterocycles. The molecule has 0 N–H and O–H groups in total. The Morgan fingerprint density at radius 1 is 1.39 bits per heavy atom. The molecule has 5 nitrogen and oxygen atoms in total. The van der Waals surface area contributed by atoms with Gasteiger partial charge < -0.3 is 0 Å². The average molecular weight is 348 g/mol. The second-order valence-corrected chi connectivity index (χ2v) is 7.44. The molecule has 1 aromatic rings. The topological polar surface area (TPSA) is 79.5 Å². The fraction of sp³-hybridized carbons (Fsp3) is 0.250. The third kappa shape index (κ3) is 4.24. The summed E-state index contributed by atoms with van der Waals surface area (Å²) < 4.78 is 27.9. The van der Waals surface area contributed by atoms with Crippen LogP contribution in [0, 0.1) is 18.3 Å². The molecule has 0 aromatic heterocycles. The van der Waals surface area contributed by atoms with E-state index in [1.54, 1.807) is 18.4 Å². The van der Waals surface area contributed by atoms with E-state index < -0.39 is 10.1 Å². The van der Waals surface area contributed by atoms with Crippen LogP contribution in [-0.2, 0) is 14.4 Å². The first-order chi connectivity index (χ1) is 11.0. The molecule has 1 aromatic carbocycles. The predicted molar refractivity (Wildman–Crippen MR) is 93.0 cm³/mol. The molecule has 1 aliphatic rings. The summed E-state index contributed by atoms with van der Waals surface area (Å²) in [7, 11) is -3.68. The molecular weight excluding hydrogens is 332 g/mol. The number of hydrogen-bond donors (Lipinski definition) is 0. The summed E-state index contributed by atoms with van der Waals surface area (Å²) in [5, 5.41) is 15.4. The highest BCUT2D eigenvalue weighted by Gasteiger charge is 2.20. The summed E-state index contributed by atoms with van der Waals surface area (Å²) >= 11 is 1.22. The summed E-state index contributed by atoms with van der Waals surface area (Å²) in [6.07, 6.45) is 2.19. The first-order valence-electron chi connectivity index (χ1n) is 7.01. The molecule has 0 spiro atoms. The van der Waals surface area contributed by atoms with Crippen LogP contribution in [0.3, 0.4) is 0 Å². The lowest BCUT2D eigenvalue weighted by molar-refractivity contribution is 0.340. The van der Waals surface area contributed by atoms with E-state index in [-0.39, 0.29) is 5.75 Å². The largest absolute Gasteiger partial charge is 0.328 e. The number of oxime groups is 1. The van der Waals surface area contributed by atoms with Crippen molar-refractivity contribution in [1.82, 2.24) is 0 Å². The van der Waals surface area contributed by atoms with Crippen LogP contribution in [0.15, 0.2) is 46.5 Å². The van der Waals surface area contributed by atoms with E-state index >= 15 is 0 Å². The minimum Gasteiger partial charge on any atom is -0.267 e. The highest BCUT2D eigenvalue weighted by molar-refractivity contribution is 8.17. The van der Waals surface area contributed by atoms with E-state index in [1.807, 2.05) is 31.2 Å². The monoisotopic (exact) mass is 348 g/mol. The number of thioether (sulfide) groups is 1. The van der Waals surface area contributed by atoms with Crippen molar-refractivity contribution in [2.45, 2.75) is 20.3 Å². The molecule has 0 aliphatic carbocycles. The Bertz CT molecular complexity index is 831. The molecule has 2 rings (SSSR count). The maximum Gasteiger partial charge on any atom is 0.328 e. The van der Waals surface area contributed by atoms with Crippen LogP contribution < -0.4 is 0 Å². The first kappa shape index (κ1) is 17.3.